The summed E-state index contributed by atoms with van der Waals surface area (Å²) < 4.78 is 27.0. The Bertz CT molecular complexity index is 671. The van der Waals surface area contributed by atoms with Gasteiger partial charge < -0.3 is 5.73 Å². The molecule has 0 fully saturated rings. The molecule has 0 spiro atoms. The summed E-state index contributed by atoms with van der Waals surface area (Å²) in [6, 6.07) is 3.21. The number of nitrogens with zero attached hydrogens (tertiary/aromatic N) is 1. The largest absolute Gasteiger partial charge is 0.399 e. The molecule has 1 heterocycles. The second-order valence-corrected chi connectivity index (χ2v) is 4.39. The van der Waals surface area contributed by atoms with Crippen LogP contribution in [0.4, 0.5) is 14.5 Å². The van der Waals surface area contributed by atoms with Crippen LogP contribution in [0, 0.1) is 24.1 Å². The highest BCUT2D eigenvalue weighted by Gasteiger charge is 2.18. The van der Waals surface area contributed by atoms with Gasteiger partial charge in [0.05, 0.1) is 11.1 Å². The van der Waals surface area contributed by atoms with Crippen molar-refractivity contribution in [2.75, 3.05) is 5.73 Å². The molecule has 2 rings (SSSR count). The Balaban J connectivity index is 0.00000102. The molecule has 0 atom stereocenters. The third-order valence-corrected chi connectivity index (χ3v) is 2.81. The van der Waals surface area contributed by atoms with E-state index in [2.05, 4.69) is 10.9 Å². The maximum absolute atomic E-state index is 13.7. The van der Waals surface area contributed by atoms with Crippen LogP contribution in [-0.2, 0) is 0 Å². The van der Waals surface area contributed by atoms with E-state index in [-0.39, 0.29) is 17.0 Å². The average molecular weight is 306 g/mol. The lowest BCUT2D eigenvalue weighted by molar-refractivity contribution is 0.482. The number of benzene rings is 1. The predicted octanol–water partition coefficient (Wildman–Crippen LogP) is 5.25. The topological polar surface area (TPSA) is 38.9 Å². The maximum Gasteiger partial charge on any atom is 0.250 e. The molecule has 1 aromatic carbocycles. The molecular formula is C18H24F2N2. The summed E-state index contributed by atoms with van der Waals surface area (Å²) in [4.78, 5) is 3.57. The number of rotatable bonds is 1. The molecule has 1 aromatic heterocycles. The normalized spacial score (nSPS) is 9.45. The fourth-order valence-corrected chi connectivity index (χ4v) is 1.99. The Labute approximate surface area is 131 Å². The lowest BCUT2D eigenvalue weighted by Crippen LogP contribution is -2.02. The summed E-state index contributed by atoms with van der Waals surface area (Å²) in [7, 11) is 0. The standard InChI is InChI=1S/C14H12F2N2.2C2H6/c1-4-9-12-10(7(2)3)5-8(17)6-11(12)18-14(16)13(9)15;2*1-2/h1,5-7H,17H2,2-3H3;2*1-2H3. The first-order valence-electron chi connectivity index (χ1n) is 7.50. The molecule has 0 unspecified atom stereocenters. The summed E-state index contributed by atoms with van der Waals surface area (Å²) in [6.45, 7) is 11.9. The molecule has 22 heavy (non-hydrogen) atoms. The number of hydrogen-bond donors (Lipinski definition) is 1. The summed E-state index contributed by atoms with van der Waals surface area (Å²) in [6.07, 6.45) is 5.28. The number of anilines is 1. The third kappa shape index (κ3) is 3.94. The van der Waals surface area contributed by atoms with Crippen molar-refractivity contribution >= 4 is 16.6 Å². The van der Waals surface area contributed by atoms with Gasteiger partial charge in [0.1, 0.15) is 0 Å². The zero-order valence-corrected chi connectivity index (χ0v) is 14.1. The van der Waals surface area contributed by atoms with Crippen molar-refractivity contribution in [3.05, 3.63) is 35.0 Å². The van der Waals surface area contributed by atoms with Crippen molar-refractivity contribution in [1.29, 1.82) is 0 Å². The lowest BCUT2D eigenvalue weighted by atomic mass is 9.94. The summed E-state index contributed by atoms with van der Waals surface area (Å²) in [5.74, 6) is -0.00831. The molecule has 4 heteroatoms. The van der Waals surface area contributed by atoms with Gasteiger partial charge in [-0.15, -0.1) is 6.42 Å². The van der Waals surface area contributed by atoms with E-state index in [1.54, 1.807) is 6.07 Å². The van der Waals surface area contributed by atoms with Crippen molar-refractivity contribution < 1.29 is 8.78 Å². The molecule has 0 amide bonds. The van der Waals surface area contributed by atoms with Gasteiger partial charge in [0.2, 0.25) is 0 Å². The third-order valence-electron chi connectivity index (χ3n) is 2.81. The van der Waals surface area contributed by atoms with Crippen LogP contribution < -0.4 is 5.73 Å². The van der Waals surface area contributed by atoms with Crippen molar-refractivity contribution in [2.45, 2.75) is 47.5 Å². The Morgan fingerprint density at radius 1 is 1.14 bits per heavy atom. The van der Waals surface area contributed by atoms with Gasteiger partial charge >= 0.3 is 0 Å². The van der Waals surface area contributed by atoms with E-state index in [1.807, 2.05) is 41.5 Å². The van der Waals surface area contributed by atoms with E-state index in [1.165, 1.54) is 6.07 Å². The molecule has 0 aliphatic carbocycles. The minimum atomic E-state index is -1.20. The Kier molecular flexibility index (Phi) is 8.11. The van der Waals surface area contributed by atoms with Crippen LogP contribution in [-0.4, -0.2) is 4.98 Å². The first-order chi connectivity index (χ1) is 10.5. The summed E-state index contributed by atoms with van der Waals surface area (Å²) in [5, 5.41) is 0.459. The number of nitrogen functional groups attached to an aromatic ring is 1. The molecular weight excluding hydrogens is 282 g/mol. The molecule has 0 bridgehead atoms. The molecule has 120 valence electrons. The van der Waals surface area contributed by atoms with Crippen LogP contribution >= 0.6 is 0 Å². The maximum atomic E-state index is 13.7. The van der Waals surface area contributed by atoms with Gasteiger partial charge in [-0.2, -0.15) is 4.39 Å². The van der Waals surface area contributed by atoms with E-state index in [0.29, 0.717) is 11.1 Å². The Morgan fingerprint density at radius 3 is 2.14 bits per heavy atom. The SMILES string of the molecule is C#Cc1c(F)c(F)nc2cc(N)cc(C(C)C)c12.CC.CC. The van der Waals surface area contributed by atoms with E-state index < -0.39 is 11.8 Å². The van der Waals surface area contributed by atoms with Crippen molar-refractivity contribution in [3.8, 4) is 12.3 Å². The van der Waals surface area contributed by atoms with Crippen molar-refractivity contribution in [3.63, 3.8) is 0 Å². The fourth-order valence-electron chi connectivity index (χ4n) is 1.99. The highest BCUT2D eigenvalue weighted by molar-refractivity contribution is 5.91. The number of pyridine rings is 1. The van der Waals surface area contributed by atoms with Gasteiger partial charge in [-0.3, -0.25) is 0 Å². The fraction of sp³-hybridized carbons (Fsp3) is 0.389. The number of aromatic nitrogens is 1. The lowest BCUT2D eigenvalue weighted by Gasteiger charge is -2.13. The molecule has 0 aliphatic rings. The van der Waals surface area contributed by atoms with Gasteiger partial charge in [0, 0.05) is 11.1 Å². The number of fused-ring (bicyclic) bond motifs is 1. The van der Waals surface area contributed by atoms with Gasteiger partial charge in [0.15, 0.2) is 5.82 Å². The molecule has 0 saturated heterocycles. The predicted molar refractivity (Wildman–Crippen MR) is 90.8 cm³/mol. The highest BCUT2D eigenvalue weighted by atomic mass is 19.2. The Hall–Kier alpha value is -2.15. The Morgan fingerprint density at radius 2 is 1.68 bits per heavy atom. The second kappa shape index (κ2) is 8.99. The molecule has 0 radical (unpaired) electrons. The van der Waals surface area contributed by atoms with Gasteiger partial charge in [-0.1, -0.05) is 47.5 Å². The molecule has 2 aromatic rings. The molecule has 2 nitrogen and oxygen atoms in total. The van der Waals surface area contributed by atoms with Crippen LogP contribution in [0.25, 0.3) is 10.9 Å². The smallest absolute Gasteiger partial charge is 0.250 e. The molecule has 2 N–H and O–H groups in total. The van der Waals surface area contributed by atoms with Crippen LogP contribution in [0.15, 0.2) is 12.1 Å². The first kappa shape index (κ1) is 19.9. The number of halogens is 2. The van der Waals surface area contributed by atoms with E-state index >= 15 is 0 Å². The zero-order valence-electron chi connectivity index (χ0n) is 14.1. The van der Waals surface area contributed by atoms with E-state index in [4.69, 9.17) is 12.2 Å². The van der Waals surface area contributed by atoms with Gasteiger partial charge in [-0.25, -0.2) is 9.37 Å². The van der Waals surface area contributed by atoms with E-state index in [9.17, 15) is 8.78 Å². The van der Waals surface area contributed by atoms with Crippen LogP contribution in [0.3, 0.4) is 0 Å². The highest BCUT2D eigenvalue weighted by Crippen LogP contribution is 2.31. The average Bonchev–Trinajstić information content (AvgIpc) is 2.52. The molecule has 0 saturated carbocycles. The minimum Gasteiger partial charge on any atom is -0.399 e. The monoisotopic (exact) mass is 306 g/mol. The van der Waals surface area contributed by atoms with Crippen molar-refractivity contribution in [2.24, 2.45) is 0 Å². The van der Waals surface area contributed by atoms with E-state index in [0.717, 1.165) is 5.56 Å². The van der Waals surface area contributed by atoms with Crippen LogP contribution in [0.1, 0.15) is 58.6 Å². The van der Waals surface area contributed by atoms with Gasteiger partial charge in [-0.05, 0) is 23.6 Å². The number of terminal acetylenes is 1. The van der Waals surface area contributed by atoms with Crippen LogP contribution in [0.2, 0.25) is 0 Å². The van der Waals surface area contributed by atoms with Crippen molar-refractivity contribution in [1.82, 2.24) is 4.98 Å². The summed E-state index contributed by atoms with van der Waals surface area (Å²) >= 11 is 0. The number of nitrogens with two attached hydrogens (primary N) is 1. The summed E-state index contributed by atoms with van der Waals surface area (Å²) in [5.41, 5.74) is 7.14. The van der Waals surface area contributed by atoms with Gasteiger partial charge in [0.25, 0.3) is 5.95 Å². The van der Waals surface area contributed by atoms with Crippen LogP contribution in [0.5, 0.6) is 0 Å². The number of hydrogen-bond acceptors (Lipinski definition) is 2. The zero-order chi connectivity index (χ0) is 17.4. The first-order valence-corrected chi connectivity index (χ1v) is 7.50. The minimum absolute atomic E-state index is 0.0785. The molecule has 0 aliphatic heterocycles. The second-order valence-electron chi connectivity index (χ2n) is 4.39. The quantitative estimate of drug-likeness (QED) is 0.444.